The maximum absolute atomic E-state index is 13.7. The second-order valence-corrected chi connectivity index (χ2v) is 8.40. The Balaban J connectivity index is 1.67. The number of hydrazone groups is 1. The number of nitrogens with one attached hydrogen (secondary N) is 1. The summed E-state index contributed by atoms with van der Waals surface area (Å²) in [6.45, 7) is 3.63. The van der Waals surface area contributed by atoms with Crippen LogP contribution in [-0.2, 0) is 4.79 Å². The Bertz CT molecular complexity index is 1440. The normalized spacial score (nSPS) is 16.5. The highest BCUT2D eigenvalue weighted by atomic mass is 16.3. The molecule has 2 atom stereocenters. The summed E-state index contributed by atoms with van der Waals surface area (Å²) < 4.78 is 1.49. The number of phenols is 1. The first-order valence-corrected chi connectivity index (χ1v) is 11.1. The van der Waals surface area contributed by atoms with Crippen molar-refractivity contribution in [3.05, 3.63) is 112 Å². The lowest BCUT2D eigenvalue weighted by Crippen LogP contribution is -2.34. The van der Waals surface area contributed by atoms with Crippen molar-refractivity contribution in [2.75, 3.05) is 5.01 Å². The lowest BCUT2D eigenvalue weighted by atomic mass is 9.78. The Kier molecular flexibility index (Phi) is 5.37. The molecule has 0 radical (unpaired) electrons. The van der Waals surface area contributed by atoms with Crippen molar-refractivity contribution in [3.8, 4) is 11.4 Å². The van der Waals surface area contributed by atoms with Crippen molar-refractivity contribution in [2.24, 2.45) is 11.0 Å². The Morgan fingerprint density at radius 3 is 2.18 bits per heavy atom. The van der Waals surface area contributed by atoms with E-state index in [0.717, 1.165) is 0 Å². The number of amides is 1. The molecule has 0 bridgehead atoms. The number of H-pyrrole nitrogens is 1. The molecule has 7 heteroatoms. The summed E-state index contributed by atoms with van der Waals surface area (Å²) in [5.41, 5.74) is 3.52. The SMILES string of the molecule is CC1=NN(c2ccccc2)C(=O)C1C(c1cccc(O)c1)c1c(C)[nH]n(-c2ccccc2)c1=O. The fraction of sp³-hybridized carbons (Fsp3) is 0.148. The first-order valence-electron chi connectivity index (χ1n) is 11.1. The topological polar surface area (TPSA) is 90.7 Å². The highest BCUT2D eigenvalue weighted by molar-refractivity contribution is 6.15. The van der Waals surface area contributed by atoms with Gasteiger partial charge in [0, 0.05) is 22.9 Å². The van der Waals surface area contributed by atoms with Crippen LogP contribution in [0.5, 0.6) is 5.75 Å². The van der Waals surface area contributed by atoms with Crippen molar-refractivity contribution < 1.29 is 9.90 Å². The average molecular weight is 453 g/mol. The quantitative estimate of drug-likeness (QED) is 0.472. The summed E-state index contributed by atoms with van der Waals surface area (Å²) in [5, 5.41) is 19.3. The smallest absolute Gasteiger partial charge is 0.275 e. The molecule has 2 N–H and O–H groups in total. The van der Waals surface area contributed by atoms with Crippen LogP contribution < -0.4 is 10.6 Å². The van der Waals surface area contributed by atoms with Gasteiger partial charge in [0.15, 0.2) is 0 Å². The van der Waals surface area contributed by atoms with E-state index in [1.165, 1.54) is 9.69 Å². The molecule has 0 fully saturated rings. The van der Waals surface area contributed by atoms with Gasteiger partial charge in [-0.1, -0.05) is 48.5 Å². The average Bonchev–Trinajstić information content (AvgIpc) is 3.31. The Morgan fingerprint density at radius 1 is 0.882 bits per heavy atom. The number of phenolic OH excluding ortho intramolecular Hbond substituents is 1. The van der Waals surface area contributed by atoms with Crippen LogP contribution in [0.4, 0.5) is 5.69 Å². The second-order valence-electron chi connectivity index (χ2n) is 8.40. The minimum Gasteiger partial charge on any atom is -0.508 e. The van der Waals surface area contributed by atoms with Crippen LogP contribution in [0.1, 0.15) is 29.7 Å². The molecule has 5 rings (SSSR count). The van der Waals surface area contributed by atoms with Gasteiger partial charge in [0.25, 0.3) is 11.5 Å². The minimum absolute atomic E-state index is 0.0685. The number of aromatic nitrogens is 2. The number of rotatable bonds is 5. The van der Waals surface area contributed by atoms with Gasteiger partial charge in [0.05, 0.1) is 17.3 Å². The molecular formula is C27H24N4O3. The van der Waals surface area contributed by atoms with Crippen LogP contribution >= 0.6 is 0 Å². The summed E-state index contributed by atoms with van der Waals surface area (Å²) >= 11 is 0. The van der Waals surface area contributed by atoms with E-state index in [0.29, 0.717) is 33.9 Å². The molecule has 1 aromatic heterocycles. The lowest BCUT2D eigenvalue weighted by molar-refractivity contribution is -0.120. The molecule has 0 saturated carbocycles. The Labute approximate surface area is 196 Å². The van der Waals surface area contributed by atoms with Crippen LogP contribution in [0, 0.1) is 12.8 Å². The van der Waals surface area contributed by atoms with Gasteiger partial charge in [-0.3, -0.25) is 14.7 Å². The van der Waals surface area contributed by atoms with Crippen LogP contribution in [0.2, 0.25) is 0 Å². The van der Waals surface area contributed by atoms with Crippen molar-refractivity contribution in [3.63, 3.8) is 0 Å². The third kappa shape index (κ3) is 3.61. The van der Waals surface area contributed by atoms with Crippen molar-refractivity contribution >= 4 is 17.3 Å². The number of hydrogen-bond acceptors (Lipinski definition) is 4. The summed E-state index contributed by atoms with van der Waals surface area (Å²) in [7, 11) is 0. The minimum atomic E-state index is -0.701. The molecule has 0 spiro atoms. The highest BCUT2D eigenvalue weighted by Gasteiger charge is 2.43. The number of aromatic amines is 1. The molecule has 7 nitrogen and oxygen atoms in total. The zero-order valence-electron chi connectivity index (χ0n) is 18.8. The molecule has 1 aliphatic heterocycles. The largest absolute Gasteiger partial charge is 0.508 e. The zero-order valence-corrected chi connectivity index (χ0v) is 18.8. The predicted molar refractivity (Wildman–Crippen MR) is 132 cm³/mol. The van der Waals surface area contributed by atoms with Crippen molar-refractivity contribution in [2.45, 2.75) is 19.8 Å². The number of benzene rings is 3. The summed E-state index contributed by atoms with van der Waals surface area (Å²) in [6.07, 6.45) is 0. The zero-order chi connectivity index (χ0) is 23.8. The lowest BCUT2D eigenvalue weighted by Gasteiger charge is -2.23. The van der Waals surface area contributed by atoms with Crippen LogP contribution in [0.25, 0.3) is 5.69 Å². The monoisotopic (exact) mass is 452 g/mol. The molecule has 1 aliphatic rings. The summed E-state index contributed by atoms with van der Waals surface area (Å²) in [4.78, 5) is 27.4. The molecule has 2 unspecified atom stereocenters. The van der Waals surface area contributed by atoms with Gasteiger partial charge in [-0.15, -0.1) is 0 Å². The van der Waals surface area contributed by atoms with Gasteiger partial charge in [-0.05, 0) is 55.8 Å². The van der Waals surface area contributed by atoms with Crippen LogP contribution in [0.15, 0.2) is 94.8 Å². The third-order valence-corrected chi connectivity index (χ3v) is 6.19. The van der Waals surface area contributed by atoms with Crippen molar-refractivity contribution in [1.82, 2.24) is 9.78 Å². The molecule has 34 heavy (non-hydrogen) atoms. The van der Waals surface area contributed by atoms with E-state index < -0.39 is 11.8 Å². The van der Waals surface area contributed by atoms with Crippen LogP contribution in [0.3, 0.4) is 0 Å². The first-order chi connectivity index (χ1) is 16.5. The molecule has 2 heterocycles. The molecule has 3 aromatic carbocycles. The number of carbonyl (C=O) groups is 1. The number of hydrogen-bond donors (Lipinski definition) is 2. The number of nitrogens with zero attached hydrogens (tertiary/aromatic N) is 3. The van der Waals surface area contributed by atoms with E-state index in [9.17, 15) is 14.7 Å². The molecule has 170 valence electrons. The maximum atomic E-state index is 13.7. The fourth-order valence-corrected chi connectivity index (χ4v) is 4.65. The standard InChI is InChI=1S/C27H24N4O3/c1-17-23(26(33)30(28-17)20-11-5-3-6-12-20)25(19-10-9-15-22(32)16-19)24-18(2)29-31(27(24)34)21-13-7-4-8-14-21/h3-16,23,25,29,32H,1-2H3. The van der Waals surface area contributed by atoms with Gasteiger partial charge >= 0.3 is 0 Å². The predicted octanol–water partition coefficient (Wildman–Crippen LogP) is 4.35. The van der Waals surface area contributed by atoms with E-state index >= 15 is 0 Å². The van der Waals surface area contributed by atoms with Gasteiger partial charge in [0.2, 0.25) is 0 Å². The van der Waals surface area contributed by atoms with E-state index in [4.69, 9.17) is 0 Å². The van der Waals surface area contributed by atoms with E-state index in [1.807, 2.05) is 73.7 Å². The number of para-hydroxylation sites is 2. The van der Waals surface area contributed by atoms with Crippen LogP contribution in [-0.4, -0.2) is 26.5 Å². The second kappa shape index (κ2) is 8.51. The van der Waals surface area contributed by atoms with Gasteiger partial charge in [-0.25, -0.2) is 9.69 Å². The number of carbonyl (C=O) groups excluding carboxylic acids is 1. The highest BCUT2D eigenvalue weighted by Crippen LogP contribution is 2.39. The number of aryl methyl sites for hydroxylation is 1. The number of anilines is 1. The molecule has 4 aromatic rings. The summed E-state index contributed by atoms with van der Waals surface area (Å²) in [6, 6.07) is 25.2. The Morgan fingerprint density at radius 2 is 1.53 bits per heavy atom. The number of aromatic hydroxyl groups is 1. The molecule has 0 saturated heterocycles. The fourth-order valence-electron chi connectivity index (χ4n) is 4.65. The van der Waals surface area contributed by atoms with Crippen molar-refractivity contribution in [1.29, 1.82) is 0 Å². The maximum Gasteiger partial charge on any atom is 0.275 e. The Hall–Kier alpha value is -4.39. The molecule has 0 aliphatic carbocycles. The van der Waals surface area contributed by atoms with E-state index in [2.05, 4.69) is 10.2 Å². The van der Waals surface area contributed by atoms with Gasteiger partial charge in [-0.2, -0.15) is 5.10 Å². The van der Waals surface area contributed by atoms with Gasteiger partial charge < -0.3 is 5.11 Å². The van der Waals surface area contributed by atoms with E-state index in [1.54, 1.807) is 25.1 Å². The molecule has 1 amide bonds. The summed E-state index contributed by atoms with van der Waals surface area (Å²) in [5.74, 6) is -1.48. The third-order valence-electron chi connectivity index (χ3n) is 6.19. The van der Waals surface area contributed by atoms with E-state index in [-0.39, 0.29) is 17.2 Å². The molecular weight excluding hydrogens is 428 g/mol. The van der Waals surface area contributed by atoms with Gasteiger partial charge in [0.1, 0.15) is 5.75 Å². The first kappa shape index (κ1) is 21.5.